The molecule has 1 aromatic rings. The Hall–Kier alpha value is -1.36. The maximum atomic E-state index is 12.3. The summed E-state index contributed by atoms with van der Waals surface area (Å²) in [5.74, 6) is 1.68. The van der Waals surface area contributed by atoms with E-state index in [-0.39, 0.29) is 12.0 Å². The fraction of sp³-hybridized carbons (Fsp3) is 0.733. The Bertz CT molecular complexity index is 474. The molecular formula is C15H22N2O3. The van der Waals surface area contributed by atoms with Crippen LogP contribution in [-0.4, -0.2) is 41.8 Å². The smallest absolute Gasteiger partial charge is 0.227 e. The fourth-order valence-electron chi connectivity index (χ4n) is 2.66. The van der Waals surface area contributed by atoms with E-state index in [0.717, 1.165) is 49.1 Å². The second kappa shape index (κ2) is 5.56. The standard InChI is InChI=1S/C15H22N2O3/c1-10-14(11(2)20-16-10)7-15(18)17-6-5-13(8-17)19-9-12-3-4-12/h12-13H,3-9H2,1-2H3. The van der Waals surface area contributed by atoms with Crippen LogP contribution in [-0.2, 0) is 16.0 Å². The Kier molecular flexibility index (Phi) is 3.78. The molecule has 1 aliphatic carbocycles. The molecule has 1 atom stereocenters. The van der Waals surface area contributed by atoms with Gasteiger partial charge in [0.1, 0.15) is 5.76 Å². The topological polar surface area (TPSA) is 55.6 Å². The van der Waals surface area contributed by atoms with E-state index >= 15 is 0 Å². The van der Waals surface area contributed by atoms with Crippen LogP contribution >= 0.6 is 0 Å². The summed E-state index contributed by atoms with van der Waals surface area (Å²) in [6.07, 6.45) is 4.18. The predicted molar refractivity (Wildman–Crippen MR) is 73.3 cm³/mol. The van der Waals surface area contributed by atoms with E-state index in [1.165, 1.54) is 12.8 Å². The Morgan fingerprint density at radius 2 is 2.20 bits per heavy atom. The second-order valence-electron chi connectivity index (χ2n) is 6.01. The first-order valence-corrected chi connectivity index (χ1v) is 7.44. The third-order valence-corrected chi connectivity index (χ3v) is 4.27. The first kappa shape index (κ1) is 13.6. The first-order chi connectivity index (χ1) is 9.63. The minimum absolute atomic E-state index is 0.150. The highest BCUT2D eigenvalue weighted by Crippen LogP contribution is 2.30. The highest BCUT2D eigenvalue weighted by Gasteiger charge is 2.30. The van der Waals surface area contributed by atoms with Crippen molar-refractivity contribution in [3.8, 4) is 0 Å². The second-order valence-corrected chi connectivity index (χ2v) is 6.01. The third kappa shape index (κ3) is 3.03. The summed E-state index contributed by atoms with van der Waals surface area (Å²) in [6, 6.07) is 0. The minimum atomic E-state index is 0.150. The molecule has 1 saturated heterocycles. The van der Waals surface area contributed by atoms with E-state index in [2.05, 4.69) is 5.16 Å². The largest absolute Gasteiger partial charge is 0.376 e. The molecule has 1 aromatic heterocycles. The van der Waals surface area contributed by atoms with Gasteiger partial charge in [0.25, 0.3) is 0 Å². The Morgan fingerprint density at radius 3 is 2.85 bits per heavy atom. The normalized spacial score (nSPS) is 22.5. The lowest BCUT2D eigenvalue weighted by Gasteiger charge is -2.16. The van der Waals surface area contributed by atoms with Crippen LogP contribution in [0.5, 0.6) is 0 Å². The van der Waals surface area contributed by atoms with Crippen molar-refractivity contribution in [1.29, 1.82) is 0 Å². The SMILES string of the molecule is Cc1noc(C)c1CC(=O)N1CCC(OCC2CC2)C1. The van der Waals surface area contributed by atoms with Gasteiger partial charge in [-0.3, -0.25) is 4.79 Å². The van der Waals surface area contributed by atoms with Crippen molar-refractivity contribution in [3.63, 3.8) is 0 Å². The summed E-state index contributed by atoms with van der Waals surface area (Å²) >= 11 is 0. The molecule has 3 rings (SSSR count). The van der Waals surface area contributed by atoms with Crippen molar-refractivity contribution in [2.45, 2.75) is 45.6 Å². The van der Waals surface area contributed by atoms with E-state index in [1.54, 1.807) is 0 Å². The zero-order chi connectivity index (χ0) is 14.1. The molecule has 1 unspecified atom stereocenters. The van der Waals surface area contributed by atoms with Gasteiger partial charge in [-0.05, 0) is 39.0 Å². The Balaban J connectivity index is 1.50. The number of hydrogen-bond donors (Lipinski definition) is 0. The molecule has 5 nitrogen and oxygen atoms in total. The van der Waals surface area contributed by atoms with Crippen LogP contribution in [0.25, 0.3) is 0 Å². The molecular weight excluding hydrogens is 256 g/mol. The summed E-state index contributed by atoms with van der Waals surface area (Å²) in [5, 5.41) is 3.90. The molecule has 5 heteroatoms. The molecule has 20 heavy (non-hydrogen) atoms. The van der Waals surface area contributed by atoms with Gasteiger partial charge >= 0.3 is 0 Å². The van der Waals surface area contributed by atoms with Gasteiger partial charge in [0, 0.05) is 25.3 Å². The lowest BCUT2D eigenvalue weighted by molar-refractivity contribution is -0.130. The predicted octanol–water partition coefficient (Wildman–Crippen LogP) is 1.86. The maximum Gasteiger partial charge on any atom is 0.227 e. The van der Waals surface area contributed by atoms with Gasteiger partial charge < -0.3 is 14.2 Å². The van der Waals surface area contributed by atoms with Crippen molar-refractivity contribution in [1.82, 2.24) is 10.1 Å². The average Bonchev–Trinajstić information content (AvgIpc) is 3.06. The van der Waals surface area contributed by atoms with Crippen molar-refractivity contribution in [2.24, 2.45) is 5.92 Å². The Labute approximate surface area is 119 Å². The zero-order valence-corrected chi connectivity index (χ0v) is 12.2. The van der Waals surface area contributed by atoms with Gasteiger partial charge in [-0.2, -0.15) is 0 Å². The number of aryl methyl sites for hydroxylation is 2. The number of carbonyl (C=O) groups excluding carboxylic acids is 1. The summed E-state index contributed by atoms with van der Waals surface area (Å²) in [7, 11) is 0. The fourth-order valence-corrected chi connectivity index (χ4v) is 2.66. The van der Waals surface area contributed by atoms with Gasteiger partial charge in [0.2, 0.25) is 5.91 Å². The molecule has 0 N–H and O–H groups in total. The van der Waals surface area contributed by atoms with Crippen molar-refractivity contribution in [2.75, 3.05) is 19.7 Å². The molecule has 1 aliphatic heterocycles. The quantitative estimate of drug-likeness (QED) is 0.825. The number of likely N-dealkylation sites (tertiary alicyclic amines) is 1. The maximum absolute atomic E-state index is 12.3. The van der Waals surface area contributed by atoms with Crippen LogP contribution in [0.3, 0.4) is 0 Å². The number of amides is 1. The molecule has 0 radical (unpaired) electrons. The average molecular weight is 278 g/mol. The molecule has 0 bridgehead atoms. The van der Waals surface area contributed by atoms with Crippen LogP contribution < -0.4 is 0 Å². The molecule has 2 aliphatic rings. The van der Waals surface area contributed by atoms with E-state index in [4.69, 9.17) is 9.26 Å². The summed E-state index contributed by atoms with van der Waals surface area (Å²) in [5.41, 5.74) is 1.74. The van der Waals surface area contributed by atoms with Crippen LogP contribution in [0.1, 0.15) is 36.3 Å². The van der Waals surface area contributed by atoms with E-state index in [0.29, 0.717) is 6.42 Å². The summed E-state index contributed by atoms with van der Waals surface area (Å²) in [6.45, 7) is 6.14. The van der Waals surface area contributed by atoms with E-state index in [9.17, 15) is 4.79 Å². The molecule has 0 spiro atoms. The summed E-state index contributed by atoms with van der Waals surface area (Å²) in [4.78, 5) is 14.2. The van der Waals surface area contributed by atoms with Crippen LogP contribution in [0.15, 0.2) is 4.52 Å². The van der Waals surface area contributed by atoms with Gasteiger partial charge in [-0.15, -0.1) is 0 Å². The van der Waals surface area contributed by atoms with E-state index < -0.39 is 0 Å². The highest BCUT2D eigenvalue weighted by molar-refractivity contribution is 5.79. The monoisotopic (exact) mass is 278 g/mol. The minimum Gasteiger partial charge on any atom is -0.376 e. The molecule has 110 valence electrons. The van der Waals surface area contributed by atoms with Crippen LogP contribution in [0.2, 0.25) is 0 Å². The first-order valence-electron chi connectivity index (χ1n) is 7.44. The zero-order valence-electron chi connectivity index (χ0n) is 12.2. The van der Waals surface area contributed by atoms with Crippen LogP contribution in [0, 0.1) is 19.8 Å². The van der Waals surface area contributed by atoms with Crippen molar-refractivity contribution < 1.29 is 14.1 Å². The number of rotatable bonds is 5. The lowest BCUT2D eigenvalue weighted by Crippen LogP contribution is -2.31. The third-order valence-electron chi connectivity index (χ3n) is 4.27. The summed E-state index contributed by atoms with van der Waals surface area (Å²) < 4.78 is 11.0. The van der Waals surface area contributed by atoms with Gasteiger partial charge in [-0.1, -0.05) is 5.16 Å². The van der Waals surface area contributed by atoms with Crippen LogP contribution in [0.4, 0.5) is 0 Å². The molecule has 1 saturated carbocycles. The number of aromatic nitrogens is 1. The van der Waals surface area contributed by atoms with Crippen molar-refractivity contribution >= 4 is 5.91 Å². The molecule has 2 fully saturated rings. The number of nitrogens with zero attached hydrogens (tertiary/aromatic N) is 2. The molecule has 0 aromatic carbocycles. The molecule has 1 amide bonds. The van der Waals surface area contributed by atoms with E-state index in [1.807, 2.05) is 18.7 Å². The number of carbonyl (C=O) groups is 1. The van der Waals surface area contributed by atoms with Crippen molar-refractivity contribution in [3.05, 3.63) is 17.0 Å². The lowest BCUT2D eigenvalue weighted by atomic mass is 10.1. The number of hydrogen-bond acceptors (Lipinski definition) is 4. The van der Waals surface area contributed by atoms with Gasteiger partial charge in [-0.25, -0.2) is 0 Å². The highest BCUT2D eigenvalue weighted by atomic mass is 16.5. The van der Waals surface area contributed by atoms with Gasteiger partial charge in [0.05, 0.1) is 18.2 Å². The Morgan fingerprint density at radius 1 is 1.40 bits per heavy atom. The number of ether oxygens (including phenoxy) is 1. The molecule has 2 heterocycles. The van der Waals surface area contributed by atoms with Gasteiger partial charge in [0.15, 0.2) is 0 Å².